The molecule has 1 N–H and O–H groups in total. The van der Waals surface area contributed by atoms with Gasteiger partial charge in [-0.2, -0.15) is 0 Å². The molecule has 2 aliphatic rings. The summed E-state index contributed by atoms with van der Waals surface area (Å²) in [6.45, 7) is 6.10. The number of carbonyl (C=O) groups excluding carboxylic acids is 1. The van der Waals surface area contributed by atoms with Gasteiger partial charge in [-0.05, 0) is 68.8 Å². The van der Waals surface area contributed by atoms with Crippen molar-refractivity contribution in [2.75, 3.05) is 26.2 Å². The topological polar surface area (TPSA) is 32.3 Å². The quantitative estimate of drug-likeness (QED) is 0.842. The highest BCUT2D eigenvalue weighted by molar-refractivity contribution is 9.10. The summed E-state index contributed by atoms with van der Waals surface area (Å²) in [5.41, 5.74) is 2.38. The molecular weight excluding hydrogens is 328 g/mol. The molecule has 3 nitrogen and oxygen atoms in total. The Morgan fingerprint density at radius 1 is 1.19 bits per heavy atom. The minimum Gasteiger partial charge on any atom is -0.339 e. The van der Waals surface area contributed by atoms with E-state index in [1.165, 1.54) is 12.8 Å². The number of rotatable bonds is 1. The van der Waals surface area contributed by atoms with E-state index in [1.807, 2.05) is 30.0 Å². The molecule has 2 fully saturated rings. The molecule has 1 aromatic carbocycles. The van der Waals surface area contributed by atoms with Crippen LogP contribution in [-0.2, 0) is 0 Å². The van der Waals surface area contributed by atoms with Crippen LogP contribution in [0.15, 0.2) is 22.7 Å². The third-order valence-corrected chi connectivity index (χ3v) is 6.13. The van der Waals surface area contributed by atoms with E-state index < -0.39 is 0 Å². The number of amides is 1. The van der Waals surface area contributed by atoms with Crippen LogP contribution in [0.2, 0.25) is 0 Å². The maximum Gasteiger partial charge on any atom is 0.254 e. The fourth-order valence-corrected chi connectivity index (χ4v) is 4.02. The van der Waals surface area contributed by atoms with Crippen molar-refractivity contribution in [1.82, 2.24) is 10.2 Å². The van der Waals surface area contributed by atoms with Crippen molar-refractivity contribution < 1.29 is 4.79 Å². The van der Waals surface area contributed by atoms with Crippen molar-refractivity contribution in [3.8, 4) is 0 Å². The maximum atomic E-state index is 12.7. The second-order valence-corrected chi connectivity index (χ2v) is 7.31. The second-order valence-electron chi connectivity index (χ2n) is 6.45. The van der Waals surface area contributed by atoms with Gasteiger partial charge in [0, 0.05) is 23.1 Å². The van der Waals surface area contributed by atoms with Crippen LogP contribution in [0.3, 0.4) is 0 Å². The number of piperidine rings is 2. The van der Waals surface area contributed by atoms with Gasteiger partial charge in [-0.25, -0.2) is 0 Å². The largest absolute Gasteiger partial charge is 0.339 e. The second kappa shape index (κ2) is 6.09. The van der Waals surface area contributed by atoms with Gasteiger partial charge in [0.1, 0.15) is 0 Å². The van der Waals surface area contributed by atoms with Crippen LogP contribution in [0.4, 0.5) is 0 Å². The summed E-state index contributed by atoms with van der Waals surface area (Å²) in [5.74, 6) is 0.192. The van der Waals surface area contributed by atoms with Gasteiger partial charge in [0.2, 0.25) is 0 Å². The Kier molecular flexibility index (Phi) is 4.36. The zero-order chi connectivity index (χ0) is 14.9. The average molecular weight is 351 g/mol. The van der Waals surface area contributed by atoms with Crippen molar-refractivity contribution >= 4 is 21.8 Å². The van der Waals surface area contributed by atoms with E-state index in [1.54, 1.807) is 0 Å². The molecule has 4 heteroatoms. The highest BCUT2D eigenvalue weighted by atomic mass is 79.9. The predicted molar refractivity (Wildman–Crippen MR) is 88.6 cm³/mol. The summed E-state index contributed by atoms with van der Waals surface area (Å²) in [4.78, 5) is 14.8. The number of benzene rings is 1. The zero-order valence-electron chi connectivity index (χ0n) is 12.6. The van der Waals surface area contributed by atoms with Gasteiger partial charge in [0.25, 0.3) is 5.91 Å². The van der Waals surface area contributed by atoms with Crippen LogP contribution in [0, 0.1) is 12.3 Å². The van der Waals surface area contributed by atoms with E-state index in [2.05, 4.69) is 21.2 Å². The van der Waals surface area contributed by atoms with Crippen LogP contribution in [0.25, 0.3) is 0 Å². The smallest absolute Gasteiger partial charge is 0.254 e. The summed E-state index contributed by atoms with van der Waals surface area (Å²) in [5, 5.41) is 3.44. The molecule has 3 rings (SSSR count). The normalized spacial score (nSPS) is 21.5. The third kappa shape index (κ3) is 3.02. The number of hydrogen-bond acceptors (Lipinski definition) is 2. The molecule has 1 spiro atoms. The molecule has 0 atom stereocenters. The monoisotopic (exact) mass is 350 g/mol. The molecule has 1 amide bonds. The molecule has 1 aromatic rings. The molecular formula is C17H23BrN2O. The SMILES string of the molecule is Cc1c(Br)cccc1C(=O)N1CCC2(CCNCC2)CC1. The molecule has 2 aliphatic heterocycles. The minimum absolute atomic E-state index is 0.192. The lowest BCUT2D eigenvalue weighted by atomic mass is 9.71. The first-order chi connectivity index (χ1) is 10.1. The number of hydrogen-bond donors (Lipinski definition) is 1. The molecule has 0 aromatic heterocycles. The number of carbonyl (C=O) groups is 1. The molecule has 0 aliphatic carbocycles. The van der Waals surface area contributed by atoms with Crippen molar-refractivity contribution in [2.24, 2.45) is 5.41 Å². The van der Waals surface area contributed by atoms with E-state index in [0.29, 0.717) is 5.41 Å². The summed E-state index contributed by atoms with van der Waals surface area (Å²) in [6.07, 6.45) is 4.86. The van der Waals surface area contributed by atoms with Crippen molar-refractivity contribution in [1.29, 1.82) is 0 Å². The fourth-order valence-electron chi connectivity index (χ4n) is 3.65. The Balaban J connectivity index is 1.69. The molecule has 0 bridgehead atoms. The third-order valence-electron chi connectivity index (χ3n) is 5.27. The summed E-state index contributed by atoms with van der Waals surface area (Å²) >= 11 is 3.52. The molecule has 2 saturated heterocycles. The van der Waals surface area contributed by atoms with Gasteiger partial charge >= 0.3 is 0 Å². The molecule has 0 saturated carbocycles. The number of nitrogens with zero attached hydrogens (tertiary/aromatic N) is 1. The van der Waals surface area contributed by atoms with Crippen LogP contribution < -0.4 is 5.32 Å². The Morgan fingerprint density at radius 2 is 1.86 bits per heavy atom. The van der Waals surface area contributed by atoms with Gasteiger partial charge < -0.3 is 10.2 Å². The highest BCUT2D eigenvalue weighted by Gasteiger charge is 2.36. The zero-order valence-corrected chi connectivity index (χ0v) is 14.2. The van der Waals surface area contributed by atoms with Gasteiger partial charge in [-0.1, -0.05) is 22.0 Å². The lowest BCUT2D eigenvalue weighted by molar-refractivity contribution is 0.0495. The van der Waals surface area contributed by atoms with Gasteiger partial charge in [0.15, 0.2) is 0 Å². The molecule has 0 radical (unpaired) electrons. The minimum atomic E-state index is 0.192. The number of halogens is 1. The van der Waals surface area contributed by atoms with Gasteiger partial charge in [0.05, 0.1) is 0 Å². The number of nitrogens with one attached hydrogen (secondary N) is 1. The Hall–Kier alpha value is -0.870. The first kappa shape index (κ1) is 15.0. The molecule has 2 heterocycles. The van der Waals surface area contributed by atoms with Crippen molar-refractivity contribution in [3.63, 3.8) is 0 Å². The van der Waals surface area contributed by atoms with Crippen molar-refractivity contribution in [2.45, 2.75) is 32.6 Å². The van der Waals surface area contributed by atoms with E-state index in [-0.39, 0.29) is 5.91 Å². The lowest BCUT2D eigenvalue weighted by Gasteiger charge is -2.44. The first-order valence-corrected chi connectivity index (χ1v) is 8.66. The van der Waals surface area contributed by atoms with Crippen LogP contribution in [0.5, 0.6) is 0 Å². The number of likely N-dealkylation sites (tertiary alicyclic amines) is 1. The fraction of sp³-hybridized carbons (Fsp3) is 0.588. The Morgan fingerprint density at radius 3 is 2.52 bits per heavy atom. The van der Waals surface area contributed by atoms with Crippen molar-refractivity contribution in [3.05, 3.63) is 33.8 Å². The van der Waals surface area contributed by atoms with Gasteiger partial charge in [-0.3, -0.25) is 4.79 Å². The van der Waals surface area contributed by atoms with Gasteiger partial charge in [-0.15, -0.1) is 0 Å². The average Bonchev–Trinajstić information content (AvgIpc) is 2.51. The predicted octanol–water partition coefficient (Wildman–Crippen LogP) is 3.36. The van der Waals surface area contributed by atoms with E-state index in [9.17, 15) is 4.79 Å². The lowest BCUT2D eigenvalue weighted by Crippen LogP contribution is -2.47. The molecule has 114 valence electrons. The van der Waals surface area contributed by atoms with Crippen LogP contribution >= 0.6 is 15.9 Å². The van der Waals surface area contributed by atoms with E-state index in [4.69, 9.17) is 0 Å². The maximum absolute atomic E-state index is 12.7. The summed E-state index contributed by atoms with van der Waals surface area (Å²) in [6, 6.07) is 5.88. The Labute approximate surface area is 135 Å². The molecule has 0 unspecified atom stereocenters. The van der Waals surface area contributed by atoms with Crippen LogP contribution in [0.1, 0.15) is 41.6 Å². The summed E-state index contributed by atoms with van der Waals surface area (Å²) in [7, 11) is 0. The van der Waals surface area contributed by atoms with E-state index >= 15 is 0 Å². The van der Waals surface area contributed by atoms with E-state index in [0.717, 1.165) is 54.6 Å². The van der Waals surface area contributed by atoms with Crippen LogP contribution in [-0.4, -0.2) is 37.0 Å². The standard InChI is InChI=1S/C17H23BrN2O/c1-13-14(3-2-4-15(13)18)16(21)20-11-7-17(8-12-20)5-9-19-10-6-17/h2-4,19H,5-12H2,1H3. The first-order valence-electron chi connectivity index (χ1n) is 7.86. The molecule has 21 heavy (non-hydrogen) atoms. The summed E-state index contributed by atoms with van der Waals surface area (Å²) < 4.78 is 1.01. The highest BCUT2D eigenvalue weighted by Crippen LogP contribution is 2.39. The Bertz CT molecular complexity index is 528.